The first-order chi connectivity index (χ1) is 8.99. The molecule has 4 N–H and O–H groups in total. The number of nitrogens with one attached hydrogen (secondary N) is 2. The molecule has 0 atom stereocenters. The second-order valence-corrected chi connectivity index (χ2v) is 3.62. The number of nitrogens with two attached hydrogens (primary N) is 1. The van der Waals surface area contributed by atoms with Crippen LogP contribution in [-0.2, 0) is 0 Å². The van der Waals surface area contributed by atoms with Gasteiger partial charge >= 0.3 is 0 Å². The number of hydrogen-bond acceptors (Lipinski definition) is 5. The van der Waals surface area contributed by atoms with Gasteiger partial charge in [0.1, 0.15) is 17.5 Å². The highest BCUT2D eigenvalue weighted by atomic mass is 19.2. The average Bonchev–Trinajstić information content (AvgIpc) is 2.34. The number of nitrogen functional groups attached to an aromatic ring is 1. The summed E-state index contributed by atoms with van der Waals surface area (Å²) in [5, 5.41) is 5.16. The van der Waals surface area contributed by atoms with E-state index in [2.05, 4.69) is 20.6 Å². The number of nitrogens with zero attached hydrogens (tertiary/aromatic N) is 2. The third-order valence-electron chi connectivity index (χ3n) is 2.26. The number of aromatic nitrogens is 2. The van der Waals surface area contributed by atoms with Gasteiger partial charge < -0.3 is 16.4 Å². The maximum Gasteiger partial charge on any atom is 0.223 e. The van der Waals surface area contributed by atoms with Gasteiger partial charge in [0.05, 0.1) is 5.69 Å². The van der Waals surface area contributed by atoms with Gasteiger partial charge in [-0.05, 0) is 0 Å². The molecule has 8 heteroatoms. The van der Waals surface area contributed by atoms with Crippen molar-refractivity contribution in [2.75, 3.05) is 23.4 Å². The SMILES string of the molecule is CNc1cc(Nc2cc(F)cc(F)c2F)nc(N)n1. The maximum absolute atomic E-state index is 13.5. The standard InChI is InChI=1S/C11H10F3N5/c1-16-8-4-9(19-11(15)18-8)17-7-3-5(12)2-6(13)10(7)14/h2-4H,1H3,(H4,15,16,17,18,19). The molecule has 0 radical (unpaired) electrons. The molecule has 100 valence electrons. The Morgan fingerprint density at radius 1 is 1.05 bits per heavy atom. The van der Waals surface area contributed by atoms with Crippen LogP contribution in [0.5, 0.6) is 0 Å². The smallest absolute Gasteiger partial charge is 0.223 e. The van der Waals surface area contributed by atoms with Gasteiger partial charge in [0.2, 0.25) is 5.95 Å². The quantitative estimate of drug-likeness (QED) is 0.745. The van der Waals surface area contributed by atoms with Crippen molar-refractivity contribution in [3.8, 4) is 0 Å². The first kappa shape index (κ1) is 12.9. The molecule has 0 bridgehead atoms. The van der Waals surface area contributed by atoms with E-state index in [-0.39, 0.29) is 17.5 Å². The van der Waals surface area contributed by atoms with E-state index in [4.69, 9.17) is 5.73 Å². The lowest BCUT2D eigenvalue weighted by atomic mass is 10.3. The van der Waals surface area contributed by atoms with Crippen LogP contribution in [0.25, 0.3) is 0 Å². The number of rotatable bonds is 3. The summed E-state index contributed by atoms with van der Waals surface area (Å²) >= 11 is 0. The summed E-state index contributed by atoms with van der Waals surface area (Å²) in [5.74, 6) is -2.97. The van der Waals surface area contributed by atoms with Crippen LogP contribution in [-0.4, -0.2) is 17.0 Å². The molecule has 5 nitrogen and oxygen atoms in total. The third-order valence-corrected chi connectivity index (χ3v) is 2.26. The van der Waals surface area contributed by atoms with Gasteiger partial charge in [-0.25, -0.2) is 13.2 Å². The molecular weight excluding hydrogens is 259 g/mol. The summed E-state index contributed by atoms with van der Waals surface area (Å²) in [5.41, 5.74) is 5.07. The van der Waals surface area contributed by atoms with Gasteiger partial charge in [-0.15, -0.1) is 0 Å². The molecule has 0 unspecified atom stereocenters. The molecule has 0 aliphatic carbocycles. The molecule has 0 aliphatic rings. The number of halogens is 3. The fourth-order valence-electron chi connectivity index (χ4n) is 1.44. The van der Waals surface area contributed by atoms with E-state index in [0.717, 1.165) is 6.07 Å². The Hall–Kier alpha value is -2.51. The topological polar surface area (TPSA) is 75.9 Å². The maximum atomic E-state index is 13.5. The van der Waals surface area contributed by atoms with E-state index in [1.54, 1.807) is 7.05 Å². The second kappa shape index (κ2) is 5.01. The van der Waals surface area contributed by atoms with E-state index in [1.807, 2.05) is 0 Å². The van der Waals surface area contributed by atoms with Crippen LogP contribution < -0.4 is 16.4 Å². The van der Waals surface area contributed by atoms with Gasteiger partial charge in [-0.3, -0.25) is 0 Å². The Bertz CT molecular complexity index is 618. The van der Waals surface area contributed by atoms with Crippen molar-refractivity contribution in [3.63, 3.8) is 0 Å². The predicted molar refractivity (Wildman–Crippen MR) is 65.6 cm³/mol. The first-order valence-corrected chi connectivity index (χ1v) is 5.23. The molecule has 0 fully saturated rings. The van der Waals surface area contributed by atoms with Crippen LogP contribution in [0.3, 0.4) is 0 Å². The fourth-order valence-corrected chi connectivity index (χ4v) is 1.44. The summed E-state index contributed by atoms with van der Waals surface area (Å²) < 4.78 is 39.5. The van der Waals surface area contributed by atoms with Gasteiger partial charge in [0, 0.05) is 25.2 Å². The van der Waals surface area contributed by atoms with Crippen molar-refractivity contribution < 1.29 is 13.2 Å². The van der Waals surface area contributed by atoms with Crippen molar-refractivity contribution in [2.45, 2.75) is 0 Å². The lowest BCUT2D eigenvalue weighted by Gasteiger charge is -2.09. The van der Waals surface area contributed by atoms with Crippen molar-refractivity contribution in [2.24, 2.45) is 0 Å². The summed E-state index contributed by atoms with van der Waals surface area (Å²) in [6.07, 6.45) is 0. The summed E-state index contributed by atoms with van der Waals surface area (Å²) in [7, 11) is 1.61. The van der Waals surface area contributed by atoms with Crippen LogP contribution >= 0.6 is 0 Å². The van der Waals surface area contributed by atoms with E-state index in [1.165, 1.54) is 6.07 Å². The minimum atomic E-state index is -1.29. The highest BCUT2D eigenvalue weighted by Crippen LogP contribution is 2.23. The van der Waals surface area contributed by atoms with E-state index < -0.39 is 17.5 Å². The van der Waals surface area contributed by atoms with Crippen molar-refractivity contribution in [1.29, 1.82) is 0 Å². The Morgan fingerprint density at radius 2 is 1.74 bits per heavy atom. The fraction of sp³-hybridized carbons (Fsp3) is 0.0909. The zero-order valence-corrected chi connectivity index (χ0v) is 9.84. The Balaban J connectivity index is 2.38. The summed E-state index contributed by atoms with van der Waals surface area (Å²) in [6, 6.07) is 2.68. The minimum absolute atomic E-state index is 0.0633. The molecule has 1 aromatic carbocycles. The molecule has 1 aromatic heterocycles. The second-order valence-electron chi connectivity index (χ2n) is 3.62. The lowest BCUT2D eigenvalue weighted by Crippen LogP contribution is -2.05. The number of anilines is 4. The average molecular weight is 269 g/mol. The molecule has 1 heterocycles. The molecule has 2 aromatic rings. The van der Waals surface area contributed by atoms with Crippen molar-refractivity contribution in [3.05, 3.63) is 35.7 Å². The summed E-state index contributed by atoms with van der Waals surface area (Å²) in [6.45, 7) is 0. The van der Waals surface area contributed by atoms with Crippen LogP contribution in [0.2, 0.25) is 0 Å². The Labute approximate surface area is 106 Å². The lowest BCUT2D eigenvalue weighted by molar-refractivity contribution is 0.498. The highest BCUT2D eigenvalue weighted by Gasteiger charge is 2.12. The van der Waals surface area contributed by atoms with Crippen molar-refractivity contribution >= 4 is 23.3 Å². The molecule has 0 saturated heterocycles. The highest BCUT2D eigenvalue weighted by molar-refractivity contribution is 5.61. The van der Waals surface area contributed by atoms with Gasteiger partial charge in [-0.2, -0.15) is 9.97 Å². The molecule has 0 spiro atoms. The third kappa shape index (κ3) is 2.84. The van der Waals surface area contributed by atoms with Gasteiger partial charge in [0.25, 0.3) is 0 Å². The molecule has 0 saturated carbocycles. The van der Waals surface area contributed by atoms with E-state index >= 15 is 0 Å². The number of hydrogen-bond donors (Lipinski definition) is 3. The Morgan fingerprint density at radius 3 is 2.42 bits per heavy atom. The van der Waals surface area contributed by atoms with Crippen LogP contribution in [0.1, 0.15) is 0 Å². The zero-order valence-electron chi connectivity index (χ0n) is 9.84. The minimum Gasteiger partial charge on any atom is -0.373 e. The number of benzene rings is 1. The summed E-state index contributed by atoms with van der Waals surface area (Å²) in [4.78, 5) is 7.61. The molecule has 2 rings (SSSR count). The molecule has 0 aliphatic heterocycles. The van der Waals surface area contributed by atoms with Gasteiger partial charge in [0.15, 0.2) is 11.6 Å². The van der Waals surface area contributed by atoms with Gasteiger partial charge in [-0.1, -0.05) is 0 Å². The predicted octanol–water partition coefficient (Wildman–Crippen LogP) is 2.26. The molecule has 0 amide bonds. The van der Waals surface area contributed by atoms with Crippen LogP contribution in [0.15, 0.2) is 18.2 Å². The zero-order chi connectivity index (χ0) is 14.0. The first-order valence-electron chi connectivity index (χ1n) is 5.23. The molecule has 19 heavy (non-hydrogen) atoms. The largest absolute Gasteiger partial charge is 0.373 e. The van der Waals surface area contributed by atoms with E-state index in [0.29, 0.717) is 11.9 Å². The van der Waals surface area contributed by atoms with Crippen LogP contribution in [0.4, 0.5) is 36.4 Å². The Kier molecular flexibility index (Phi) is 3.41. The van der Waals surface area contributed by atoms with Crippen molar-refractivity contribution in [1.82, 2.24) is 9.97 Å². The van der Waals surface area contributed by atoms with Crippen LogP contribution in [0, 0.1) is 17.5 Å². The van der Waals surface area contributed by atoms with E-state index in [9.17, 15) is 13.2 Å². The monoisotopic (exact) mass is 269 g/mol. The normalized spacial score (nSPS) is 10.3. The molecular formula is C11H10F3N5.